The SMILES string of the molecule is Cc1cccc(F)c1-n1nc(C(=O)N(CCC(=O)O)CC(C)C)c2c1CCC2. The molecule has 1 aromatic heterocycles. The maximum absolute atomic E-state index is 14.5. The Morgan fingerprint density at radius 1 is 1.32 bits per heavy atom. The maximum atomic E-state index is 14.5. The molecule has 1 aliphatic carbocycles. The average Bonchev–Trinajstić information content (AvgIpc) is 3.21. The van der Waals surface area contributed by atoms with E-state index in [4.69, 9.17) is 5.11 Å². The molecule has 0 bridgehead atoms. The van der Waals surface area contributed by atoms with E-state index in [1.165, 1.54) is 6.07 Å². The monoisotopic (exact) mass is 387 g/mol. The molecule has 3 rings (SSSR count). The molecule has 28 heavy (non-hydrogen) atoms. The summed E-state index contributed by atoms with van der Waals surface area (Å²) in [7, 11) is 0. The number of aryl methyl sites for hydroxylation is 1. The topological polar surface area (TPSA) is 75.4 Å². The van der Waals surface area contributed by atoms with E-state index in [1.807, 2.05) is 26.8 Å². The first-order valence-electron chi connectivity index (χ1n) is 9.67. The van der Waals surface area contributed by atoms with Gasteiger partial charge in [0.1, 0.15) is 11.5 Å². The van der Waals surface area contributed by atoms with E-state index in [-0.39, 0.29) is 30.6 Å². The summed E-state index contributed by atoms with van der Waals surface area (Å²) in [5, 5.41) is 13.5. The fourth-order valence-electron chi connectivity index (χ4n) is 3.78. The molecule has 0 unspecified atom stereocenters. The minimum atomic E-state index is -0.945. The van der Waals surface area contributed by atoms with Crippen LogP contribution < -0.4 is 0 Å². The minimum Gasteiger partial charge on any atom is -0.481 e. The molecule has 6 nitrogen and oxygen atoms in total. The first kappa shape index (κ1) is 20.0. The van der Waals surface area contributed by atoms with Crippen LogP contribution in [0, 0.1) is 18.7 Å². The van der Waals surface area contributed by atoms with Crippen LogP contribution in [-0.2, 0) is 17.6 Å². The zero-order valence-corrected chi connectivity index (χ0v) is 16.5. The summed E-state index contributed by atoms with van der Waals surface area (Å²) < 4.78 is 16.1. The Balaban J connectivity index is 2.02. The van der Waals surface area contributed by atoms with Crippen molar-refractivity contribution >= 4 is 11.9 Å². The Labute approximate surface area is 164 Å². The quantitative estimate of drug-likeness (QED) is 0.790. The van der Waals surface area contributed by atoms with Crippen molar-refractivity contribution in [2.24, 2.45) is 5.92 Å². The second-order valence-electron chi connectivity index (χ2n) is 7.73. The van der Waals surface area contributed by atoms with Crippen LogP contribution in [0.5, 0.6) is 0 Å². The maximum Gasteiger partial charge on any atom is 0.305 e. The van der Waals surface area contributed by atoms with Crippen LogP contribution in [0.2, 0.25) is 0 Å². The van der Waals surface area contributed by atoms with Crippen LogP contribution in [0.25, 0.3) is 5.69 Å². The Hall–Kier alpha value is -2.70. The first-order chi connectivity index (χ1) is 13.3. The van der Waals surface area contributed by atoms with Crippen LogP contribution in [0.1, 0.15) is 54.0 Å². The number of carbonyl (C=O) groups is 2. The Morgan fingerprint density at radius 3 is 2.71 bits per heavy atom. The molecule has 1 aromatic carbocycles. The molecule has 1 aliphatic rings. The lowest BCUT2D eigenvalue weighted by atomic mass is 10.1. The number of fused-ring (bicyclic) bond motifs is 1. The highest BCUT2D eigenvalue weighted by atomic mass is 19.1. The van der Waals surface area contributed by atoms with Crippen LogP contribution in [0.4, 0.5) is 4.39 Å². The van der Waals surface area contributed by atoms with Gasteiger partial charge in [-0.2, -0.15) is 5.10 Å². The number of halogens is 1. The van der Waals surface area contributed by atoms with Gasteiger partial charge in [0.15, 0.2) is 5.69 Å². The van der Waals surface area contributed by atoms with E-state index in [1.54, 1.807) is 15.6 Å². The molecule has 0 fully saturated rings. The number of para-hydroxylation sites is 1. The number of amides is 1. The highest BCUT2D eigenvalue weighted by Crippen LogP contribution is 2.30. The number of aliphatic carboxylic acids is 1. The van der Waals surface area contributed by atoms with Crippen molar-refractivity contribution in [2.45, 2.75) is 46.5 Å². The normalized spacial score (nSPS) is 13.0. The Bertz CT molecular complexity index is 884. The van der Waals surface area contributed by atoms with Crippen LogP contribution in [0.3, 0.4) is 0 Å². The van der Waals surface area contributed by atoms with Crippen molar-refractivity contribution < 1.29 is 19.1 Å². The van der Waals surface area contributed by atoms with Gasteiger partial charge in [-0.25, -0.2) is 9.07 Å². The van der Waals surface area contributed by atoms with Gasteiger partial charge in [0.25, 0.3) is 5.91 Å². The third-order valence-electron chi connectivity index (χ3n) is 5.00. The smallest absolute Gasteiger partial charge is 0.305 e. The number of hydrogen-bond acceptors (Lipinski definition) is 3. The Kier molecular flexibility index (Phi) is 5.82. The third kappa shape index (κ3) is 3.93. The number of benzene rings is 1. The van der Waals surface area contributed by atoms with E-state index in [9.17, 15) is 14.0 Å². The number of rotatable bonds is 7. The zero-order valence-electron chi connectivity index (χ0n) is 16.5. The van der Waals surface area contributed by atoms with Gasteiger partial charge in [-0.3, -0.25) is 9.59 Å². The highest BCUT2D eigenvalue weighted by Gasteiger charge is 2.31. The van der Waals surface area contributed by atoms with Crippen LogP contribution >= 0.6 is 0 Å². The van der Waals surface area contributed by atoms with Crippen molar-refractivity contribution in [3.63, 3.8) is 0 Å². The van der Waals surface area contributed by atoms with Gasteiger partial charge < -0.3 is 10.0 Å². The summed E-state index contributed by atoms with van der Waals surface area (Å²) in [6.07, 6.45) is 2.23. The van der Waals surface area contributed by atoms with Crippen molar-refractivity contribution in [1.29, 1.82) is 0 Å². The standard InChI is InChI=1S/C21H26FN3O3/c1-13(2)12-24(11-10-18(26)27)21(28)19-15-7-5-9-17(15)25(23-19)20-14(3)6-4-8-16(20)22/h4,6,8,13H,5,7,9-12H2,1-3H3,(H,26,27). The van der Waals surface area contributed by atoms with Gasteiger partial charge in [-0.15, -0.1) is 0 Å². The van der Waals surface area contributed by atoms with Crippen molar-refractivity contribution in [1.82, 2.24) is 14.7 Å². The molecule has 0 aliphatic heterocycles. The largest absolute Gasteiger partial charge is 0.481 e. The van der Waals surface area contributed by atoms with Crippen molar-refractivity contribution in [3.8, 4) is 5.69 Å². The molecule has 1 N–H and O–H groups in total. The molecule has 1 amide bonds. The summed E-state index contributed by atoms with van der Waals surface area (Å²) in [6, 6.07) is 4.87. The fraction of sp³-hybridized carbons (Fsp3) is 0.476. The van der Waals surface area contributed by atoms with E-state index in [0.717, 1.165) is 36.1 Å². The molecule has 7 heteroatoms. The van der Waals surface area contributed by atoms with Crippen LogP contribution in [-0.4, -0.2) is 44.8 Å². The van der Waals surface area contributed by atoms with Gasteiger partial charge in [0.05, 0.1) is 6.42 Å². The van der Waals surface area contributed by atoms with E-state index >= 15 is 0 Å². The molecule has 0 saturated carbocycles. The highest BCUT2D eigenvalue weighted by molar-refractivity contribution is 5.94. The van der Waals surface area contributed by atoms with E-state index in [2.05, 4.69) is 5.10 Å². The third-order valence-corrected chi connectivity index (χ3v) is 5.00. The predicted molar refractivity (Wildman–Crippen MR) is 103 cm³/mol. The summed E-state index contributed by atoms with van der Waals surface area (Å²) in [5.74, 6) is -1.40. The summed E-state index contributed by atoms with van der Waals surface area (Å²) in [6.45, 7) is 6.36. The molecule has 0 radical (unpaired) electrons. The van der Waals surface area contributed by atoms with Gasteiger partial charge in [-0.1, -0.05) is 26.0 Å². The van der Waals surface area contributed by atoms with Gasteiger partial charge in [0, 0.05) is 24.3 Å². The Morgan fingerprint density at radius 2 is 2.07 bits per heavy atom. The molecule has 2 aromatic rings. The number of aromatic nitrogens is 2. The van der Waals surface area contributed by atoms with E-state index < -0.39 is 5.97 Å². The number of carbonyl (C=O) groups excluding carboxylic acids is 1. The number of carboxylic acid groups (broad SMARTS) is 1. The van der Waals surface area contributed by atoms with Gasteiger partial charge in [-0.05, 0) is 43.7 Å². The second kappa shape index (κ2) is 8.12. The molecule has 0 saturated heterocycles. The average molecular weight is 387 g/mol. The van der Waals surface area contributed by atoms with Gasteiger partial charge >= 0.3 is 5.97 Å². The summed E-state index contributed by atoms with van der Waals surface area (Å²) in [4.78, 5) is 25.8. The number of carboxylic acids is 1. The molecule has 150 valence electrons. The first-order valence-corrected chi connectivity index (χ1v) is 9.67. The van der Waals surface area contributed by atoms with Crippen molar-refractivity contribution in [3.05, 3.63) is 46.5 Å². The lowest BCUT2D eigenvalue weighted by Gasteiger charge is -2.23. The summed E-state index contributed by atoms with van der Waals surface area (Å²) >= 11 is 0. The predicted octanol–water partition coefficient (Wildman–Crippen LogP) is 3.38. The lowest BCUT2D eigenvalue weighted by Crippen LogP contribution is -2.36. The van der Waals surface area contributed by atoms with Crippen molar-refractivity contribution in [2.75, 3.05) is 13.1 Å². The van der Waals surface area contributed by atoms with E-state index in [0.29, 0.717) is 17.9 Å². The summed E-state index contributed by atoms with van der Waals surface area (Å²) in [5.41, 5.74) is 3.18. The minimum absolute atomic E-state index is 0.117. The molecular formula is C21H26FN3O3. The van der Waals surface area contributed by atoms with Crippen LogP contribution in [0.15, 0.2) is 18.2 Å². The molecule has 1 heterocycles. The molecule has 0 atom stereocenters. The fourth-order valence-corrected chi connectivity index (χ4v) is 3.78. The number of hydrogen-bond donors (Lipinski definition) is 1. The number of nitrogens with zero attached hydrogens (tertiary/aromatic N) is 3. The second-order valence-corrected chi connectivity index (χ2v) is 7.73. The molecular weight excluding hydrogens is 361 g/mol. The zero-order chi connectivity index (χ0) is 20.4. The molecule has 0 spiro atoms. The van der Waals surface area contributed by atoms with Gasteiger partial charge in [0.2, 0.25) is 0 Å². The lowest BCUT2D eigenvalue weighted by molar-refractivity contribution is -0.137.